The molecule has 0 saturated carbocycles. The van der Waals surface area contributed by atoms with Gasteiger partial charge < -0.3 is 0 Å². The summed E-state index contributed by atoms with van der Waals surface area (Å²) in [7, 11) is 0. The number of hydrogen-bond acceptors (Lipinski definition) is 4. The van der Waals surface area contributed by atoms with Gasteiger partial charge in [0, 0.05) is 6.20 Å². The molecule has 2 aromatic rings. The number of hydrogen-bond donors (Lipinski definition) is 1. The number of aryl methyl sites for hydroxylation is 1. The van der Waals surface area contributed by atoms with E-state index in [4.69, 9.17) is 0 Å². The predicted octanol–water partition coefficient (Wildman–Crippen LogP) is 3.38. The normalized spacial score (nSPS) is 16.3. The van der Waals surface area contributed by atoms with Crippen LogP contribution in [0.15, 0.2) is 47.5 Å². The highest BCUT2D eigenvalue weighted by Gasteiger charge is 2.25. The summed E-state index contributed by atoms with van der Waals surface area (Å²) >= 11 is 0.894. The van der Waals surface area contributed by atoms with Crippen LogP contribution in [0.5, 0.6) is 0 Å². The third-order valence-electron chi connectivity index (χ3n) is 3.09. The van der Waals surface area contributed by atoms with Gasteiger partial charge >= 0.3 is 0 Å². The number of rotatable bonds is 2. The summed E-state index contributed by atoms with van der Waals surface area (Å²) in [4.78, 5) is 27.3. The second kappa shape index (κ2) is 5.54. The van der Waals surface area contributed by atoms with Gasteiger partial charge in [0.15, 0.2) is 0 Å². The van der Waals surface area contributed by atoms with Crippen molar-refractivity contribution in [2.75, 3.05) is 0 Å². The minimum absolute atomic E-state index is 0.346. The highest BCUT2D eigenvalue weighted by Crippen LogP contribution is 2.26. The van der Waals surface area contributed by atoms with Crippen molar-refractivity contribution in [2.45, 2.75) is 6.92 Å². The minimum Gasteiger partial charge on any atom is -0.282 e. The minimum atomic E-state index is -0.368. The van der Waals surface area contributed by atoms with Crippen LogP contribution < -0.4 is 5.32 Å². The Hall–Kier alpha value is -2.40. The Labute approximate surface area is 126 Å². The van der Waals surface area contributed by atoms with Crippen molar-refractivity contribution in [1.82, 2.24) is 10.3 Å². The van der Waals surface area contributed by atoms with Gasteiger partial charge in [-0.2, -0.15) is 0 Å². The fourth-order valence-electron chi connectivity index (χ4n) is 2.01. The maximum Gasteiger partial charge on any atom is 0.290 e. The van der Waals surface area contributed by atoms with Crippen molar-refractivity contribution in [3.05, 3.63) is 58.8 Å². The van der Waals surface area contributed by atoms with Crippen LogP contribution in [-0.2, 0) is 4.79 Å². The van der Waals surface area contributed by atoms with E-state index in [0.29, 0.717) is 10.6 Å². The zero-order valence-corrected chi connectivity index (χ0v) is 12.1. The number of imide groups is 1. The third kappa shape index (κ3) is 3.03. The first-order chi connectivity index (χ1) is 10.1. The molecule has 1 aromatic carbocycles. The molecule has 4 nitrogen and oxygen atoms in total. The number of thioether (sulfide) groups is 1. The summed E-state index contributed by atoms with van der Waals surface area (Å²) < 4.78 is 0. The molecule has 0 spiro atoms. The lowest BCUT2D eigenvalue weighted by atomic mass is 10.0. The maximum atomic E-state index is 11.5. The molecule has 2 amide bonds. The molecular formula is C16H12N2O2S. The Morgan fingerprint density at radius 1 is 1.10 bits per heavy atom. The molecule has 5 heteroatoms. The SMILES string of the molecule is Cc1ccc(-c2ccnc(C=C3SC(=O)NC3=O)c2)cc1. The van der Waals surface area contributed by atoms with Crippen LogP contribution in [0.2, 0.25) is 0 Å². The van der Waals surface area contributed by atoms with E-state index in [1.165, 1.54) is 5.56 Å². The molecule has 1 fully saturated rings. The molecule has 104 valence electrons. The summed E-state index contributed by atoms with van der Waals surface area (Å²) in [5.74, 6) is -0.368. The van der Waals surface area contributed by atoms with E-state index < -0.39 is 0 Å². The number of amides is 2. The quantitative estimate of drug-likeness (QED) is 0.863. The van der Waals surface area contributed by atoms with Crippen LogP contribution in [0.3, 0.4) is 0 Å². The van der Waals surface area contributed by atoms with E-state index in [9.17, 15) is 9.59 Å². The van der Waals surface area contributed by atoms with Gasteiger partial charge in [0.05, 0.1) is 10.6 Å². The Bertz CT molecular complexity index is 751. The highest BCUT2D eigenvalue weighted by molar-refractivity contribution is 8.18. The lowest BCUT2D eigenvalue weighted by molar-refractivity contribution is -0.115. The van der Waals surface area contributed by atoms with Gasteiger partial charge in [0.2, 0.25) is 0 Å². The van der Waals surface area contributed by atoms with E-state index in [1.807, 2.05) is 43.3 Å². The molecule has 1 aromatic heterocycles. The largest absolute Gasteiger partial charge is 0.290 e. The lowest BCUT2D eigenvalue weighted by Gasteiger charge is -2.03. The van der Waals surface area contributed by atoms with Gasteiger partial charge in [-0.3, -0.25) is 19.9 Å². The van der Waals surface area contributed by atoms with Crippen LogP contribution in [0.1, 0.15) is 11.3 Å². The fraction of sp³-hybridized carbons (Fsp3) is 0.0625. The fourth-order valence-corrected chi connectivity index (χ4v) is 2.68. The summed E-state index contributed by atoms with van der Waals surface area (Å²) in [5.41, 5.74) is 3.96. The maximum absolute atomic E-state index is 11.5. The molecule has 21 heavy (non-hydrogen) atoms. The number of pyridine rings is 1. The average molecular weight is 296 g/mol. The van der Waals surface area contributed by atoms with Crippen molar-refractivity contribution in [1.29, 1.82) is 0 Å². The Morgan fingerprint density at radius 3 is 2.52 bits per heavy atom. The van der Waals surface area contributed by atoms with Gasteiger partial charge in [-0.25, -0.2) is 0 Å². The van der Waals surface area contributed by atoms with Crippen molar-refractivity contribution in [3.8, 4) is 11.1 Å². The Balaban J connectivity index is 1.93. The van der Waals surface area contributed by atoms with E-state index in [1.54, 1.807) is 12.3 Å². The van der Waals surface area contributed by atoms with Crippen LogP contribution in [0.25, 0.3) is 17.2 Å². The van der Waals surface area contributed by atoms with Crippen LogP contribution in [0.4, 0.5) is 4.79 Å². The molecule has 1 aliphatic heterocycles. The smallest absolute Gasteiger partial charge is 0.282 e. The molecule has 1 saturated heterocycles. The van der Waals surface area contributed by atoms with Crippen LogP contribution in [-0.4, -0.2) is 16.1 Å². The van der Waals surface area contributed by atoms with E-state index in [0.717, 1.165) is 22.9 Å². The number of carbonyl (C=O) groups excluding carboxylic acids is 2. The van der Waals surface area contributed by atoms with Crippen LogP contribution >= 0.6 is 11.8 Å². The van der Waals surface area contributed by atoms with Crippen LogP contribution in [0, 0.1) is 6.92 Å². The number of carbonyl (C=O) groups is 2. The molecule has 0 aliphatic carbocycles. The van der Waals surface area contributed by atoms with E-state index in [2.05, 4.69) is 10.3 Å². The van der Waals surface area contributed by atoms with E-state index in [-0.39, 0.29) is 11.1 Å². The standard InChI is InChI=1S/C16H12N2O2S/c1-10-2-4-11(5-3-10)12-6-7-17-13(8-12)9-14-15(19)18-16(20)21-14/h2-9H,1H3,(H,18,19,20). The summed E-state index contributed by atoms with van der Waals surface area (Å²) in [6, 6.07) is 12.0. The van der Waals surface area contributed by atoms with Gasteiger partial charge in [-0.05, 0) is 48.0 Å². The third-order valence-corrected chi connectivity index (χ3v) is 3.90. The molecule has 0 bridgehead atoms. The molecule has 0 radical (unpaired) electrons. The molecule has 3 rings (SSSR count). The summed E-state index contributed by atoms with van der Waals surface area (Å²) in [6.45, 7) is 2.04. The lowest BCUT2D eigenvalue weighted by Crippen LogP contribution is -2.17. The zero-order chi connectivity index (χ0) is 14.8. The second-order valence-corrected chi connectivity index (χ2v) is 5.70. The Morgan fingerprint density at radius 2 is 1.86 bits per heavy atom. The number of nitrogens with zero attached hydrogens (tertiary/aromatic N) is 1. The number of benzene rings is 1. The summed E-state index contributed by atoms with van der Waals surface area (Å²) in [6.07, 6.45) is 3.32. The van der Waals surface area contributed by atoms with Crippen molar-refractivity contribution < 1.29 is 9.59 Å². The molecule has 1 aliphatic rings. The predicted molar refractivity (Wildman–Crippen MR) is 83.5 cm³/mol. The average Bonchev–Trinajstić information content (AvgIpc) is 2.78. The highest BCUT2D eigenvalue weighted by atomic mass is 32.2. The number of aromatic nitrogens is 1. The zero-order valence-electron chi connectivity index (χ0n) is 11.3. The topological polar surface area (TPSA) is 59.1 Å². The van der Waals surface area contributed by atoms with Gasteiger partial charge in [-0.15, -0.1) is 0 Å². The molecule has 1 N–H and O–H groups in total. The van der Waals surface area contributed by atoms with Gasteiger partial charge in [-0.1, -0.05) is 29.8 Å². The molecule has 0 atom stereocenters. The summed E-state index contributed by atoms with van der Waals surface area (Å²) in [5, 5.41) is 1.88. The van der Waals surface area contributed by atoms with E-state index >= 15 is 0 Å². The van der Waals surface area contributed by atoms with Crippen molar-refractivity contribution in [3.63, 3.8) is 0 Å². The second-order valence-electron chi connectivity index (χ2n) is 4.69. The monoisotopic (exact) mass is 296 g/mol. The number of nitrogens with one attached hydrogen (secondary N) is 1. The Kier molecular flexibility index (Phi) is 3.58. The molecule has 0 unspecified atom stereocenters. The first kappa shape index (κ1) is 13.6. The molecule has 2 heterocycles. The van der Waals surface area contributed by atoms with Crippen molar-refractivity contribution >= 4 is 29.0 Å². The van der Waals surface area contributed by atoms with Crippen molar-refractivity contribution in [2.24, 2.45) is 0 Å². The first-order valence-corrected chi connectivity index (χ1v) is 7.21. The van der Waals surface area contributed by atoms with Gasteiger partial charge in [0.25, 0.3) is 11.1 Å². The molecular weight excluding hydrogens is 284 g/mol. The first-order valence-electron chi connectivity index (χ1n) is 6.40. The van der Waals surface area contributed by atoms with Gasteiger partial charge in [0.1, 0.15) is 0 Å².